The Balaban J connectivity index is 1.90. The van der Waals surface area contributed by atoms with Crippen LogP contribution < -0.4 is 0 Å². The standard InChI is InChI=1S/C16H19NO5S/c1-9-14-11(18)3-2-4-12(14)22-15(9)16(21)17-5-6-23-8-10(17)7-13(19)20/h10H,2-8H2,1H3,(H,19,20). The second-order valence-corrected chi connectivity index (χ2v) is 7.11. The molecule has 1 fully saturated rings. The van der Waals surface area contributed by atoms with Crippen molar-refractivity contribution in [3.63, 3.8) is 0 Å². The summed E-state index contributed by atoms with van der Waals surface area (Å²) in [6.07, 6.45) is 1.83. The van der Waals surface area contributed by atoms with Gasteiger partial charge in [-0.2, -0.15) is 11.8 Å². The van der Waals surface area contributed by atoms with Crippen LogP contribution in [-0.4, -0.2) is 51.8 Å². The smallest absolute Gasteiger partial charge is 0.305 e. The van der Waals surface area contributed by atoms with Gasteiger partial charge in [-0.3, -0.25) is 14.4 Å². The van der Waals surface area contributed by atoms with Crippen molar-refractivity contribution in [3.05, 3.63) is 22.6 Å². The molecule has 0 aromatic carbocycles. The van der Waals surface area contributed by atoms with Gasteiger partial charge in [0.25, 0.3) is 5.91 Å². The fourth-order valence-corrected chi connectivity index (χ4v) is 4.34. The summed E-state index contributed by atoms with van der Waals surface area (Å²) in [6, 6.07) is -0.337. The summed E-state index contributed by atoms with van der Waals surface area (Å²) in [5.41, 5.74) is 1.16. The van der Waals surface area contributed by atoms with E-state index in [2.05, 4.69) is 0 Å². The molecule has 1 aliphatic carbocycles. The minimum absolute atomic E-state index is 0.0304. The number of aliphatic carboxylic acids is 1. The molecule has 1 atom stereocenters. The molecule has 1 saturated heterocycles. The molecule has 1 aliphatic heterocycles. The first-order chi connectivity index (χ1) is 11.0. The van der Waals surface area contributed by atoms with E-state index in [1.807, 2.05) is 0 Å². The molecule has 0 radical (unpaired) electrons. The van der Waals surface area contributed by atoms with E-state index in [-0.39, 0.29) is 29.9 Å². The van der Waals surface area contributed by atoms with E-state index >= 15 is 0 Å². The molecule has 1 aromatic heterocycles. The van der Waals surface area contributed by atoms with Gasteiger partial charge >= 0.3 is 5.97 Å². The third-order valence-corrected chi connectivity index (χ3v) is 5.49. The van der Waals surface area contributed by atoms with Crippen LogP contribution in [0.5, 0.6) is 0 Å². The third kappa shape index (κ3) is 3.02. The Kier molecular flexibility index (Phi) is 4.48. The predicted octanol–water partition coefficient (Wildman–Crippen LogP) is 2.14. The highest BCUT2D eigenvalue weighted by Crippen LogP contribution is 2.31. The maximum Gasteiger partial charge on any atom is 0.305 e. The van der Waals surface area contributed by atoms with Crippen molar-refractivity contribution in [2.24, 2.45) is 0 Å². The van der Waals surface area contributed by atoms with Gasteiger partial charge in [0.05, 0.1) is 18.0 Å². The van der Waals surface area contributed by atoms with E-state index in [1.54, 1.807) is 23.6 Å². The van der Waals surface area contributed by atoms with Crippen molar-refractivity contribution in [1.29, 1.82) is 0 Å². The Bertz CT molecular complexity index is 666. The highest BCUT2D eigenvalue weighted by molar-refractivity contribution is 7.99. The monoisotopic (exact) mass is 337 g/mol. The summed E-state index contributed by atoms with van der Waals surface area (Å²) in [6.45, 7) is 2.24. The van der Waals surface area contributed by atoms with E-state index in [4.69, 9.17) is 9.52 Å². The molecule has 2 aliphatic rings. The summed E-state index contributed by atoms with van der Waals surface area (Å²) < 4.78 is 5.71. The highest BCUT2D eigenvalue weighted by atomic mass is 32.2. The van der Waals surface area contributed by atoms with Gasteiger partial charge in [-0.1, -0.05) is 0 Å². The Morgan fingerprint density at radius 3 is 2.87 bits per heavy atom. The number of thioether (sulfide) groups is 1. The lowest BCUT2D eigenvalue weighted by molar-refractivity contribution is -0.138. The van der Waals surface area contributed by atoms with Gasteiger partial charge in [-0.05, 0) is 13.3 Å². The van der Waals surface area contributed by atoms with Crippen molar-refractivity contribution < 1.29 is 23.9 Å². The molecular formula is C16H19NO5S. The first-order valence-corrected chi connectivity index (χ1v) is 8.90. The molecule has 1 unspecified atom stereocenters. The zero-order chi connectivity index (χ0) is 16.6. The number of rotatable bonds is 3. The Morgan fingerprint density at radius 1 is 1.39 bits per heavy atom. The Morgan fingerprint density at radius 2 is 2.17 bits per heavy atom. The zero-order valence-corrected chi connectivity index (χ0v) is 13.8. The van der Waals surface area contributed by atoms with Crippen molar-refractivity contribution >= 4 is 29.4 Å². The first kappa shape index (κ1) is 16.1. The fourth-order valence-electron chi connectivity index (χ4n) is 3.28. The quantitative estimate of drug-likeness (QED) is 0.909. The number of aryl methyl sites for hydroxylation is 1. The molecule has 23 heavy (non-hydrogen) atoms. The average molecular weight is 337 g/mol. The lowest BCUT2D eigenvalue weighted by atomic mass is 9.94. The van der Waals surface area contributed by atoms with Crippen LogP contribution in [-0.2, 0) is 11.2 Å². The second kappa shape index (κ2) is 6.39. The minimum atomic E-state index is -0.916. The van der Waals surface area contributed by atoms with Crippen molar-refractivity contribution in [1.82, 2.24) is 4.90 Å². The summed E-state index contributed by atoms with van der Waals surface area (Å²) in [5, 5.41) is 9.04. The summed E-state index contributed by atoms with van der Waals surface area (Å²) in [7, 11) is 0. The van der Waals surface area contributed by atoms with Crippen LogP contribution in [0.4, 0.5) is 0 Å². The predicted molar refractivity (Wildman–Crippen MR) is 85.1 cm³/mol. The van der Waals surface area contributed by atoms with Crippen LogP contribution in [0.15, 0.2) is 4.42 Å². The molecular weight excluding hydrogens is 318 g/mol. The Hall–Kier alpha value is -1.76. The van der Waals surface area contributed by atoms with E-state index in [0.717, 1.165) is 12.2 Å². The summed E-state index contributed by atoms with van der Waals surface area (Å²) in [4.78, 5) is 37.5. The van der Waals surface area contributed by atoms with Gasteiger partial charge in [0, 0.05) is 36.5 Å². The minimum Gasteiger partial charge on any atom is -0.481 e. The normalized spacial score (nSPS) is 21.2. The van der Waals surface area contributed by atoms with Gasteiger partial charge in [-0.15, -0.1) is 0 Å². The van der Waals surface area contributed by atoms with Gasteiger partial charge < -0.3 is 14.4 Å². The molecule has 124 valence electrons. The van der Waals surface area contributed by atoms with Crippen LogP contribution in [0.2, 0.25) is 0 Å². The molecule has 1 aromatic rings. The number of carbonyl (C=O) groups is 3. The van der Waals surface area contributed by atoms with Crippen molar-refractivity contribution in [3.8, 4) is 0 Å². The average Bonchev–Trinajstić information content (AvgIpc) is 2.85. The number of fused-ring (bicyclic) bond motifs is 1. The second-order valence-electron chi connectivity index (χ2n) is 5.96. The number of furan rings is 1. The molecule has 0 saturated carbocycles. The topological polar surface area (TPSA) is 87.8 Å². The number of carboxylic acid groups (broad SMARTS) is 1. The van der Waals surface area contributed by atoms with E-state index in [0.29, 0.717) is 42.0 Å². The molecule has 3 rings (SSSR count). The summed E-state index contributed by atoms with van der Waals surface area (Å²) >= 11 is 1.65. The van der Waals surface area contributed by atoms with E-state index in [1.165, 1.54) is 0 Å². The maximum absolute atomic E-state index is 12.9. The van der Waals surface area contributed by atoms with Crippen LogP contribution >= 0.6 is 11.8 Å². The van der Waals surface area contributed by atoms with Crippen LogP contribution in [0.1, 0.15) is 51.5 Å². The van der Waals surface area contributed by atoms with Crippen LogP contribution in [0.3, 0.4) is 0 Å². The number of Topliss-reactive ketones (excluding diaryl/α,β-unsaturated/α-hetero) is 1. The third-order valence-electron chi connectivity index (χ3n) is 4.40. The van der Waals surface area contributed by atoms with Crippen molar-refractivity contribution in [2.75, 3.05) is 18.1 Å². The molecule has 0 spiro atoms. The van der Waals surface area contributed by atoms with Gasteiger partial charge in [0.15, 0.2) is 11.5 Å². The van der Waals surface area contributed by atoms with E-state index < -0.39 is 5.97 Å². The maximum atomic E-state index is 12.9. The number of carboxylic acids is 1. The van der Waals surface area contributed by atoms with Gasteiger partial charge in [-0.25, -0.2) is 0 Å². The van der Waals surface area contributed by atoms with Crippen LogP contribution in [0, 0.1) is 6.92 Å². The molecule has 7 heteroatoms. The van der Waals surface area contributed by atoms with Crippen molar-refractivity contribution in [2.45, 2.75) is 38.6 Å². The largest absolute Gasteiger partial charge is 0.481 e. The number of amides is 1. The molecule has 1 N–H and O–H groups in total. The lowest BCUT2D eigenvalue weighted by Gasteiger charge is -2.34. The first-order valence-electron chi connectivity index (χ1n) is 7.75. The highest BCUT2D eigenvalue weighted by Gasteiger charge is 2.35. The fraction of sp³-hybridized carbons (Fsp3) is 0.562. The lowest BCUT2D eigenvalue weighted by Crippen LogP contribution is -2.47. The number of hydrogen-bond acceptors (Lipinski definition) is 5. The van der Waals surface area contributed by atoms with Gasteiger partial charge in [0.1, 0.15) is 5.76 Å². The Labute approximate surface area is 138 Å². The SMILES string of the molecule is Cc1c(C(=O)N2CCSCC2CC(=O)O)oc2c1C(=O)CCC2. The van der Waals surface area contributed by atoms with Gasteiger partial charge in [0.2, 0.25) is 0 Å². The number of ketones is 1. The molecule has 2 heterocycles. The number of carbonyl (C=O) groups excluding carboxylic acids is 2. The molecule has 1 amide bonds. The van der Waals surface area contributed by atoms with E-state index in [9.17, 15) is 14.4 Å². The zero-order valence-electron chi connectivity index (χ0n) is 13.0. The molecule has 0 bridgehead atoms. The number of nitrogens with zero attached hydrogens (tertiary/aromatic N) is 1. The molecule has 6 nitrogen and oxygen atoms in total. The summed E-state index contributed by atoms with van der Waals surface area (Å²) in [5.74, 6) is 1.01. The number of hydrogen-bond donors (Lipinski definition) is 1. The van der Waals surface area contributed by atoms with Crippen LogP contribution in [0.25, 0.3) is 0 Å².